The lowest BCUT2D eigenvalue weighted by atomic mass is 10.1. The molecule has 1 aromatic rings. The Kier molecular flexibility index (Phi) is 3.92. The van der Waals surface area contributed by atoms with Crippen molar-refractivity contribution in [3.05, 3.63) is 47.4 Å². The van der Waals surface area contributed by atoms with Crippen LogP contribution in [0.4, 0.5) is 0 Å². The topological polar surface area (TPSA) is 46.5 Å². The molecule has 1 N–H and O–H groups in total. The minimum atomic E-state index is -0.344. The molecular weight excluding hydrogens is 192 g/mol. The number of aryl methyl sites for hydroxylation is 1. The van der Waals surface area contributed by atoms with Crippen LogP contribution < -0.4 is 0 Å². The number of benzene rings is 1. The summed E-state index contributed by atoms with van der Waals surface area (Å²) in [4.78, 5) is 11.5. The van der Waals surface area contributed by atoms with E-state index in [2.05, 4.69) is 0 Å². The summed E-state index contributed by atoms with van der Waals surface area (Å²) in [6.07, 6.45) is 1.08. The van der Waals surface area contributed by atoms with E-state index in [0.29, 0.717) is 12.2 Å². The van der Waals surface area contributed by atoms with E-state index in [1.165, 1.54) is 0 Å². The number of hydrogen-bond acceptors (Lipinski definition) is 3. The molecule has 0 unspecified atom stereocenters. The largest absolute Gasteiger partial charge is 0.481 e. The fourth-order valence-corrected chi connectivity index (χ4v) is 1.10. The van der Waals surface area contributed by atoms with E-state index in [-0.39, 0.29) is 11.7 Å². The van der Waals surface area contributed by atoms with Crippen LogP contribution in [0, 0.1) is 6.92 Å². The molecule has 0 radical (unpaired) electrons. The van der Waals surface area contributed by atoms with Gasteiger partial charge in [-0.15, -0.1) is 0 Å². The van der Waals surface area contributed by atoms with Crippen LogP contribution in [-0.4, -0.2) is 17.5 Å². The summed E-state index contributed by atoms with van der Waals surface area (Å²) in [5.74, 6) is -0.607. The molecule has 3 heteroatoms. The van der Waals surface area contributed by atoms with Gasteiger partial charge in [0, 0.05) is 5.56 Å². The Morgan fingerprint density at radius 3 is 2.53 bits per heavy atom. The monoisotopic (exact) mass is 206 g/mol. The molecule has 0 bridgehead atoms. The van der Waals surface area contributed by atoms with Crippen molar-refractivity contribution in [2.75, 3.05) is 6.61 Å². The van der Waals surface area contributed by atoms with E-state index in [9.17, 15) is 4.79 Å². The van der Waals surface area contributed by atoms with Gasteiger partial charge in [-0.1, -0.05) is 29.8 Å². The van der Waals surface area contributed by atoms with Gasteiger partial charge in [-0.05, 0) is 13.8 Å². The molecule has 0 spiro atoms. The number of carbonyl (C=O) groups excluding carboxylic acids is 1. The third-order valence-corrected chi connectivity index (χ3v) is 1.88. The third-order valence-electron chi connectivity index (χ3n) is 1.88. The molecule has 0 amide bonds. The highest BCUT2D eigenvalue weighted by molar-refractivity contribution is 6.04. The van der Waals surface area contributed by atoms with Crippen molar-refractivity contribution in [1.29, 1.82) is 0 Å². The average molecular weight is 206 g/mol. The summed E-state index contributed by atoms with van der Waals surface area (Å²) in [6.45, 7) is 4.02. The van der Waals surface area contributed by atoms with Crippen molar-refractivity contribution < 1.29 is 14.6 Å². The number of ether oxygens (including phenoxy) is 1. The zero-order valence-corrected chi connectivity index (χ0v) is 8.86. The molecule has 3 nitrogen and oxygen atoms in total. The number of rotatable bonds is 4. The van der Waals surface area contributed by atoms with Crippen molar-refractivity contribution in [1.82, 2.24) is 0 Å². The Hall–Kier alpha value is -1.77. The molecule has 0 saturated carbocycles. The normalized spacial score (nSPS) is 11.2. The van der Waals surface area contributed by atoms with Crippen LogP contribution in [-0.2, 0) is 4.74 Å². The molecule has 0 saturated heterocycles. The summed E-state index contributed by atoms with van der Waals surface area (Å²) in [5.41, 5.74) is 1.62. The van der Waals surface area contributed by atoms with Crippen LogP contribution in [0.15, 0.2) is 36.3 Å². The summed E-state index contributed by atoms with van der Waals surface area (Å²) < 4.78 is 4.75. The van der Waals surface area contributed by atoms with Gasteiger partial charge in [0.1, 0.15) is 0 Å². The molecular formula is C12H14O3. The number of ketones is 1. The Bertz CT molecular complexity index is 363. The summed E-state index contributed by atoms with van der Waals surface area (Å²) in [7, 11) is 0. The molecule has 80 valence electrons. The molecule has 0 aliphatic carbocycles. The quantitative estimate of drug-likeness (QED) is 0.468. The first-order chi connectivity index (χ1) is 7.13. The minimum Gasteiger partial charge on any atom is -0.481 e. The molecule has 0 heterocycles. The van der Waals surface area contributed by atoms with Crippen LogP contribution in [0.2, 0.25) is 0 Å². The van der Waals surface area contributed by atoms with E-state index in [0.717, 1.165) is 11.6 Å². The Morgan fingerprint density at radius 1 is 1.40 bits per heavy atom. The fraction of sp³-hybridized carbons (Fsp3) is 0.250. The first kappa shape index (κ1) is 11.3. The Morgan fingerprint density at radius 2 is 2.00 bits per heavy atom. The zero-order chi connectivity index (χ0) is 11.3. The van der Waals surface area contributed by atoms with Gasteiger partial charge >= 0.3 is 0 Å². The highest BCUT2D eigenvalue weighted by atomic mass is 16.6. The van der Waals surface area contributed by atoms with Crippen molar-refractivity contribution >= 4 is 5.78 Å². The zero-order valence-electron chi connectivity index (χ0n) is 8.86. The lowest BCUT2D eigenvalue weighted by Gasteiger charge is -2.00. The van der Waals surface area contributed by atoms with Gasteiger partial charge in [0.15, 0.2) is 5.78 Å². The van der Waals surface area contributed by atoms with E-state index in [1.807, 2.05) is 19.1 Å². The fourth-order valence-electron chi connectivity index (χ4n) is 1.10. The highest BCUT2D eigenvalue weighted by Crippen LogP contribution is 2.06. The van der Waals surface area contributed by atoms with E-state index >= 15 is 0 Å². The van der Waals surface area contributed by atoms with Crippen molar-refractivity contribution in [3.63, 3.8) is 0 Å². The maximum Gasteiger partial charge on any atom is 0.280 e. The number of carbonyl (C=O) groups is 1. The first-order valence-corrected chi connectivity index (χ1v) is 4.78. The van der Waals surface area contributed by atoms with Crippen LogP contribution in [0.1, 0.15) is 22.8 Å². The van der Waals surface area contributed by atoms with Crippen LogP contribution in [0.3, 0.4) is 0 Å². The van der Waals surface area contributed by atoms with Gasteiger partial charge in [0.05, 0.1) is 12.7 Å². The summed E-state index contributed by atoms with van der Waals surface area (Å²) in [6, 6.07) is 7.12. The smallest absolute Gasteiger partial charge is 0.280 e. The van der Waals surface area contributed by atoms with Gasteiger partial charge in [-0.3, -0.25) is 4.79 Å². The minimum absolute atomic E-state index is 0.263. The SMILES string of the molecule is CCO/C(O)=C/C(=O)c1ccc(C)cc1. The Balaban J connectivity index is 2.77. The third kappa shape index (κ3) is 3.46. The lowest BCUT2D eigenvalue weighted by Crippen LogP contribution is -1.99. The van der Waals surface area contributed by atoms with Gasteiger partial charge in [-0.2, -0.15) is 0 Å². The highest BCUT2D eigenvalue weighted by Gasteiger charge is 2.04. The van der Waals surface area contributed by atoms with E-state index in [1.54, 1.807) is 19.1 Å². The first-order valence-electron chi connectivity index (χ1n) is 4.78. The van der Waals surface area contributed by atoms with Crippen molar-refractivity contribution in [3.8, 4) is 0 Å². The number of allylic oxidation sites excluding steroid dienone is 1. The van der Waals surface area contributed by atoms with E-state index in [4.69, 9.17) is 9.84 Å². The predicted molar refractivity (Wildman–Crippen MR) is 57.8 cm³/mol. The molecule has 0 aliphatic rings. The molecule has 0 aromatic heterocycles. The predicted octanol–water partition coefficient (Wildman–Crippen LogP) is 2.61. The Labute approximate surface area is 89.0 Å². The second-order valence-corrected chi connectivity index (χ2v) is 3.15. The standard InChI is InChI=1S/C12H14O3/c1-3-15-12(14)8-11(13)10-6-4-9(2)5-7-10/h4-8,14H,3H2,1-2H3/b12-8+. The molecule has 0 atom stereocenters. The van der Waals surface area contributed by atoms with Gasteiger partial charge in [0.2, 0.25) is 0 Å². The maximum absolute atomic E-state index is 11.5. The van der Waals surface area contributed by atoms with Crippen molar-refractivity contribution in [2.45, 2.75) is 13.8 Å². The van der Waals surface area contributed by atoms with Crippen molar-refractivity contribution in [2.24, 2.45) is 0 Å². The maximum atomic E-state index is 11.5. The summed E-state index contributed by atoms with van der Waals surface area (Å²) in [5, 5.41) is 9.15. The molecule has 1 rings (SSSR count). The summed E-state index contributed by atoms with van der Waals surface area (Å²) >= 11 is 0. The average Bonchev–Trinajstić information content (AvgIpc) is 2.18. The van der Waals surface area contributed by atoms with Gasteiger partial charge in [0.25, 0.3) is 5.95 Å². The van der Waals surface area contributed by atoms with Gasteiger partial charge < -0.3 is 9.84 Å². The van der Waals surface area contributed by atoms with Crippen LogP contribution in [0.25, 0.3) is 0 Å². The molecule has 15 heavy (non-hydrogen) atoms. The molecule has 0 fully saturated rings. The number of aliphatic hydroxyl groups excluding tert-OH is 1. The molecule has 1 aromatic carbocycles. The second kappa shape index (κ2) is 5.20. The lowest BCUT2D eigenvalue weighted by molar-refractivity contribution is 0.0920. The number of hydrogen-bond donors (Lipinski definition) is 1. The van der Waals surface area contributed by atoms with E-state index < -0.39 is 0 Å². The number of aliphatic hydroxyl groups is 1. The van der Waals surface area contributed by atoms with Crippen LogP contribution >= 0.6 is 0 Å². The second-order valence-electron chi connectivity index (χ2n) is 3.15. The van der Waals surface area contributed by atoms with Gasteiger partial charge in [-0.25, -0.2) is 0 Å². The molecule has 0 aliphatic heterocycles. The van der Waals surface area contributed by atoms with Crippen LogP contribution in [0.5, 0.6) is 0 Å².